The fraction of sp³-hybridized carbons (Fsp3) is 0.571. The third-order valence-corrected chi connectivity index (χ3v) is 4.09. The standard InChI is InChI=1S/C14H19Cl2NO/c1-2-14(17-11-4-3-7-18-9-11)10-5-6-12(15)13(16)8-10/h5-6,8,11,14,17H,2-4,7,9H2,1H3. The van der Waals surface area contributed by atoms with Gasteiger partial charge in [-0.15, -0.1) is 0 Å². The van der Waals surface area contributed by atoms with Crippen molar-refractivity contribution in [1.82, 2.24) is 5.32 Å². The summed E-state index contributed by atoms with van der Waals surface area (Å²) in [6.45, 7) is 3.86. The first kappa shape index (κ1) is 14.1. The molecule has 2 atom stereocenters. The summed E-state index contributed by atoms with van der Waals surface area (Å²) in [6, 6.07) is 6.61. The van der Waals surface area contributed by atoms with Gasteiger partial charge < -0.3 is 10.1 Å². The quantitative estimate of drug-likeness (QED) is 0.896. The van der Waals surface area contributed by atoms with E-state index in [0.29, 0.717) is 22.1 Å². The maximum absolute atomic E-state index is 6.07. The third kappa shape index (κ3) is 3.61. The van der Waals surface area contributed by atoms with Gasteiger partial charge in [0.1, 0.15) is 0 Å². The van der Waals surface area contributed by atoms with E-state index in [1.54, 1.807) is 0 Å². The van der Waals surface area contributed by atoms with Crippen LogP contribution in [0.1, 0.15) is 37.8 Å². The van der Waals surface area contributed by atoms with Crippen LogP contribution in [0.5, 0.6) is 0 Å². The minimum atomic E-state index is 0.312. The van der Waals surface area contributed by atoms with E-state index in [1.165, 1.54) is 12.0 Å². The summed E-state index contributed by atoms with van der Waals surface area (Å²) < 4.78 is 5.50. The first-order chi connectivity index (χ1) is 8.70. The van der Waals surface area contributed by atoms with Crippen LogP contribution in [-0.4, -0.2) is 19.3 Å². The molecule has 1 aliphatic heterocycles. The molecule has 0 radical (unpaired) electrons. The molecule has 0 spiro atoms. The molecule has 4 heteroatoms. The number of benzene rings is 1. The van der Waals surface area contributed by atoms with E-state index in [9.17, 15) is 0 Å². The van der Waals surface area contributed by atoms with Crippen LogP contribution < -0.4 is 5.32 Å². The second-order valence-corrected chi connectivity index (χ2v) is 5.53. The molecule has 100 valence electrons. The van der Waals surface area contributed by atoms with Gasteiger partial charge in [-0.3, -0.25) is 0 Å². The minimum Gasteiger partial charge on any atom is -0.380 e. The van der Waals surface area contributed by atoms with Crippen LogP contribution in [0.3, 0.4) is 0 Å². The topological polar surface area (TPSA) is 21.3 Å². The van der Waals surface area contributed by atoms with Crippen molar-refractivity contribution in [2.75, 3.05) is 13.2 Å². The Morgan fingerprint density at radius 1 is 1.39 bits per heavy atom. The predicted molar refractivity (Wildman–Crippen MR) is 76.5 cm³/mol. The molecular formula is C14H19Cl2NO. The fourth-order valence-electron chi connectivity index (χ4n) is 2.34. The zero-order valence-electron chi connectivity index (χ0n) is 10.6. The lowest BCUT2D eigenvalue weighted by Crippen LogP contribution is -2.39. The molecule has 2 unspecified atom stereocenters. The van der Waals surface area contributed by atoms with Crippen LogP contribution >= 0.6 is 23.2 Å². The first-order valence-corrected chi connectivity index (χ1v) is 7.25. The summed E-state index contributed by atoms with van der Waals surface area (Å²) in [4.78, 5) is 0. The van der Waals surface area contributed by atoms with Crippen LogP contribution in [0.4, 0.5) is 0 Å². The van der Waals surface area contributed by atoms with Gasteiger partial charge in [0.2, 0.25) is 0 Å². The number of nitrogens with one attached hydrogen (secondary N) is 1. The summed E-state index contributed by atoms with van der Waals surface area (Å²) >= 11 is 12.0. The van der Waals surface area contributed by atoms with E-state index >= 15 is 0 Å². The second kappa shape index (κ2) is 6.76. The Morgan fingerprint density at radius 3 is 2.83 bits per heavy atom. The Morgan fingerprint density at radius 2 is 2.22 bits per heavy atom. The van der Waals surface area contributed by atoms with Crippen molar-refractivity contribution < 1.29 is 4.74 Å². The molecule has 1 aromatic rings. The van der Waals surface area contributed by atoms with Gasteiger partial charge in [-0.1, -0.05) is 36.2 Å². The first-order valence-electron chi connectivity index (χ1n) is 6.49. The molecule has 0 bridgehead atoms. The molecule has 1 heterocycles. The van der Waals surface area contributed by atoms with Crippen LogP contribution in [0.25, 0.3) is 0 Å². The summed E-state index contributed by atoms with van der Waals surface area (Å²) in [7, 11) is 0. The molecular weight excluding hydrogens is 269 g/mol. The Balaban J connectivity index is 2.04. The monoisotopic (exact) mass is 287 g/mol. The lowest BCUT2D eigenvalue weighted by Gasteiger charge is -2.28. The lowest BCUT2D eigenvalue weighted by atomic mass is 10.0. The highest BCUT2D eigenvalue weighted by molar-refractivity contribution is 6.42. The SMILES string of the molecule is CCC(NC1CCCOC1)c1ccc(Cl)c(Cl)c1. The van der Waals surface area contributed by atoms with Crippen molar-refractivity contribution in [3.05, 3.63) is 33.8 Å². The molecule has 0 amide bonds. The lowest BCUT2D eigenvalue weighted by molar-refractivity contribution is 0.0661. The molecule has 0 aliphatic carbocycles. The smallest absolute Gasteiger partial charge is 0.0619 e. The Hall–Kier alpha value is -0.280. The molecule has 2 nitrogen and oxygen atoms in total. The highest BCUT2D eigenvalue weighted by atomic mass is 35.5. The van der Waals surface area contributed by atoms with Crippen molar-refractivity contribution in [3.8, 4) is 0 Å². The van der Waals surface area contributed by atoms with E-state index in [2.05, 4.69) is 12.2 Å². The Labute approximate surface area is 119 Å². The van der Waals surface area contributed by atoms with E-state index in [1.807, 2.05) is 18.2 Å². The molecule has 1 fully saturated rings. The van der Waals surface area contributed by atoms with E-state index in [0.717, 1.165) is 26.1 Å². The highest BCUT2D eigenvalue weighted by Crippen LogP contribution is 2.27. The molecule has 1 aromatic carbocycles. The van der Waals surface area contributed by atoms with Crippen molar-refractivity contribution in [3.63, 3.8) is 0 Å². The van der Waals surface area contributed by atoms with E-state index in [-0.39, 0.29) is 0 Å². The fourth-order valence-corrected chi connectivity index (χ4v) is 2.64. The largest absolute Gasteiger partial charge is 0.380 e. The van der Waals surface area contributed by atoms with Crippen molar-refractivity contribution in [2.24, 2.45) is 0 Å². The number of halogens is 2. The van der Waals surface area contributed by atoms with Crippen molar-refractivity contribution in [2.45, 2.75) is 38.3 Å². The minimum absolute atomic E-state index is 0.312. The summed E-state index contributed by atoms with van der Waals surface area (Å²) in [5.74, 6) is 0. The molecule has 1 N–H and O–H groups in total. The number of rotatable bonds is 4. The number of hydrogen-bond acceptors (Lipinski definition) is 2. The zero-order valence-corrected chi connectivity index (χ0v) is 12.1. The molecule has 18 heavy (non-hydrogen) atoms. The summed E-state index contributed by atoms with van der Waals surface area (Å²) in [6.07, 6.45) is 3.34. The Bertz CT molecular complexity index is 391. The zero-order chi connectivity index (χ0) is 13.0. The van der Waals surface area contributed by atoms with Crippen LogP contribution in [0.2, 0.25) is 10.0 Å². The molecule has 0 saturated carbocycles. The molecule has 1 aliphatic rings. The molecule has 0 aromatic heterocycles. The van der Waals surface area contributed by atoms with Gasteiger partial charge in [0.15, 0.2) is 0 Å². The van der Waals surface area contributed by atoms with Gasteiger partial charge in [-0.25, -0.2) is 0 Å². The average Bonchev–Trinajstić information content (AvgIpc) is 2.40. The van der Waals surface area contributed by atoms with Crippen LogP contribution in [0.15, 0.2) is 18.2 Å². The van der Waals surface area contributed by atoms with Gasteiger partial charge in [0.05, 0.1) is 16.7 Å². The molecule has 2 rings (SSSR count). The van der Waals surface area contributed by atoms with Gasteiger partial charge in [0, 0.05) is 18.7 Å². The average molecular weight is 288 g/mol. The van der Waals surface area contributed by atoms with Gasteiger partial charge in [-0.2, -0.15) is 0 Å². The van der Waals surface area contributed by atoms with Gasteiger partial charge in [-0.05, 0) is 37.0 Å². The summed E-state index contributed by atoms with van der Waals surface area (Å²) in [5.41, 5.74) is 1.19. The number of hydrogen-bond donors (Lipinski definition) is 1. The Kier molecular flexibility index (Phi) is 5.31. The highest BCUT2D eigenvalue weighted by Gasteiger charge is 2.18. The maximum Gasteiger partial charge on any atom is 0.0619 e. The predicted octanol–water partition coefficient (Wildman–Crippen LogP) is 4.21. The third-order valence-electron chi connectivity index (χ3n) is 3.35. The molecule has 1 saturated heterocycles. The number of ether oxygens (including phenoxy) is 1. The maximum atomic E-state index is 6.07. The summed E-state index contributed by atoms with van der Waals surface area (Å²) in [5, 5.41) is 4.87. The van der Waals surface area contributed by atoms with Crippen LogP contribution in [0, 0.1) is 0 Å². The van der Waals surface area contributed by atoms with Gasteiger partial charge in [0.25, 0.3) is 0 Å². The van der Waals surface area contributed by atoms with E-state index in [4.69, 9.17) is 27.9 Å². The van der Waals surface area contributed by atoms with E-state index < -0.39 is 0 Å². The van der Waals surface area contributed by atoms with Gasteiger partial charge >= 0.3 is 0 Å². The van der Waals surface area contributed by atoms with Crippen molar-refractivity contribution in [1.29, 1.82) is 0 Å². The van der Waals surface area contributed by atoms with Crippen molar-refractivity contribution >= 4 is 23.2 Å². The normalized spacial score (nSPS) is 21.8. The second-order valence-electron chi connectivity index (χ2n) is 4.72. The van der Waals surface area contributed by atoms with Crippen LogP contribution in [-0.2, 0) is 4.74 Å².